The van der Waals surface area contributed by atoms with E-state index in [4.69, 9.17) is 9.47 Å². The molecule has 2 aromatic heterocycles. The normalized spacial score (nSPS) is 10.5. The molecular weight excluding hydrogens is 392 g/mol. The molecule has 0 bridgehead atoms. The third-order valence-electron chi connectivity index (χ3n) is 4.07. The van der Waals surface area contributed by atoms with Gasteiger partial charge in [-0.15, -0.1) is 0 Å². The SMILES string of the molecule is Cn1nc(C(=O)OCc2cccc(COC(=O)c3ccc(=O)n(C)n3)c2)ccc1=O. The van der Waals surface area contributed by atoms with Crippen molar-refractivity contribution in [3.8, 4) is 0 Å². The van der Waals surface area contributed by atoms with Crippen LogP contribution < -0.4 is 11.1 Å². The van der Waals surface area contributed by atoms with Crippen LogP contribution in [0.25, 0.3) is 0 Å². The second kappa shape index (κ2) is 8.95. The number of aryl methyl sites for hydroxylation is 2. The summed E-state index contributed by atoms with van der Waals surface area (Å²) < 4.78 is 12.5. The number of nitrogens with zero attached hydrogens (tertiary/aromatic N) is 4. The first kappa shape index (κ1) is 20.6. The summed E-state index contributed by atoms with van der Waals surface area (Å²) in [6, 6.07) is 12.0. The minimum Gasteiger partial charge on any atom is -0.456 e. The van der Waals surface area contributed by atoms with Crippen molar-refractivity contribution in [1.29, 1.82) is 0 Å². The van der Waals surface area contributed by atoms with Gasteiger partial charge in [-0.05, 0) is 29.3 Å². The van der Waals surface area contributed by atoms with E-state index in [1.807, 2.05) is 0 Å². The number of ether oxygens (including phenoxy) is 2. The largest absolute Gasteiger partial charge is 0.456 e. The van der Waals surface area contributed by atoms with Gasteiger partial charge in [0.15, 0.2) is 11.4 Å². The number of hydrogen-bond acceptors (Lipinski definition) is 8. The standard InChI is InChI=1S/C20H18N4O6/c1-23-17(25)8-6-15(21-23)19(27)29-11-13-4-3-5-14(10-13)12-30-20(28)16-7-9-18(26)24(2)22-16/h3-10H,11-12H2,1-2H3. The fraction of sp³-hybridized carbons (Fsp3) is 0.200. The van der Waals surface area contributed by atoms with E-state index in [1.54, 1.807) is 24.3 Å². The molecule has 3 aromatic rings. The van der Waals surface area contributed by atoms with Crippen LogP contribution in [0, 0.1) is 0 Å². The maximum absolute atomic E-state index is 12.1. The monoisotopic (exact) mass is 410 g/mol. The van der Waals surface area contributed by atoms with E-state index >= 15 is 0 Å². The van der Waals surface area contributed by atoms with E-state index in [1.165, 1.54) is 38.4 Å². The van der Waals surface area contributed by atoms with Crippen molar-refractivity contribution in [2.24, 2.45) is 14.1 Å². The van der Waals surface area contributed by atoms with E-state index in [-0.39, 0.29) is 35.7 Å². The van der Waals surface area contributed by atoms with Gasteiger partial charge in [0, 0.05) is 26.2 Å². The summed E-state index contributed by atoms with van der Waals surface area (Å²) in [6.45, 7) is -0.0407. The summed E-state index contributed by atoms with van der Waals surface area (Å²) in [7, 11) is 2.88. The Kier molecular flexibility index (Phi) is 6.16. The highest BCUT2D eigenvalue weighted by Crippen LogP contribution is 2.10. The molecule has 3 rings (SSSR count). The lowest BCUT2D eigenvalue weighted by molar-refractivity contribution is 0.0461. The lowest BCUT2D eigenvalue weighted by Crippen LogP contribution is -2.22. The second-order valence-electron chi connectivity index (χ2n) is 6.33. The van der Waals surface area contributed by atoms with Crippen molar-refractivity contribution in [3.05, 3.63) is 91.8 Å². The third-order valence-corrected chi connectivity index (χ3v) is 4.07. The van der Waals surface area contributed by atoms with Crippen molar-refractivity contribution in [2.45, 2.75) is 13.2 Å². The zero-order valence-corrected chi connectivity index (χ0v) is 16.3. The van der Waals surface area contributed by atoms with Crippen LogP contribution in [0.1, 0.15) is 32.1 Å². The zero-order valence-electron chi connectivity index (χ0n) is 16.3. The number of esters is 2. The Morgan fingerprint density at radius 2 is 1.20 bits per heavy atom. The third kappa shape index (κ3) is 5.04. The molecule has 1 aromatic carbocycles. The lowest BCUT2D eigenvalue weighted by Gasteiger charge is -2.08. The average Bonchev–Trinajstić information content (AvgIpc) is 2.74. The predicted octanol–water partition coefficient (Wildman–Crippen LogP) is 0.588. The molecule has 2 heterocycles. The first-order chi connectivity index (χ1) is 14.3. The number of carbonyl (C=O) groups is 2. The van der Waals surface area contributed by atoms with E-state index in [9.17, 15) is 19.2 Å². The van der Waals surface area contributed by atoms with Crippen LogP contribution >= 0.6 is 0 Å². The molecule has 0 N–H and O–H groups in total. The molecule has 0 unspecified atom stereocenters. The van der Waals surface area contributed by atoms with Crippen molar-refractivity contribution >= 4 is 11.9 Å². The van der Waals surface area contributed by atoms with E-state index in [0.717, 1.165) is 9.36 Å². The van der Waals surface area contributed by atoms with Gasteiger partial charge in [-0.2, -0.15) is 10.2 Å². The van der Waals surface area contributed by atoms with E-state index < -0.39 is 11.9 Å². The predicted molar refractivity (Wildman–Crippen MR) is 104 cm³/mol. The lowest BCUT2D eigenvalue weighted by atomic mass is 10.1. The molecule has 0 saturated heterocycles. The number of benzene rings is 1. The molecule has 0 aliphatic heterocycles. The van der Waals surface area contributed by atoms with Crippen molar-refractivity contribution in [1.82, 2.24) is 19.6 Å². The van der Waals surface area contributed by atoms with Crippen LogP contribution in [-0.4, -0.2) is 31.5 Å². The average molecular weight is 410 g/mol. The van der Waals surface area contributed by atoms with Gasteiger partial charge < -0.3 is 9.47 Å². The van der Waals surface area contributed by atoms with Crippen LogP contribution in [0.5, 0.6) is 0 Å². The minimum absolute atomic E-state index is 0.0203. The summed E-state index contributed by atoms with van der Waals surface area (Å²) in [5.74, 6) is -1.33. The number of carbonyl (C=O) groups excluding carboxylic acids is 2. The Bertz CT molecular complexity index is 1120. The molecule has 0 amide bonds. The number of hydrogen-bond donors (Lipinski definition) is 0. The molecule has 0 aliphatic carbocycles. The molecule has 30 heavy (non-hydrogen) atoms. The minimum atomic E-state index is -0.664. The smallest absolute Gasteiger partial charge is 0.359 e. The Balaban J connectivity index is 1.58. The molecular formula is C20H18N4O6. The van der Waals surface area contributed by atoms with Crippen LogP contribution in [-0.2, 0) is 36.8 Å². The Labute approximate surface area is 170 Å². The topological polar surface area (TPSA) is 122 Å². The van der Waals surface area contributed by atoms with Crippen molar-refractivity contribution in [3.63, 3.8) is 0 Å². The van der Waals surface area contributed by atoms with Gasteiger partial charge in [-0.1, -0.05) is 18.2 Å². The molecule has 0 aliphatic rings. The summed E-state index contributed by atoms with van der Waals surface area (Å²) in [5.41, 5.74) is 0.742. The molecule has 0 radical (unpaired) electrons. The summed E-state index contributed by atoms with van der Waals surface area (Å²) in [5, 5.41) is 7.67. The number of rotatable bonds is 6. The molecule has 10 nitrogen and oxygen atoms in total. The fourth-order valence-corrected chi connectivity index (χ4v) is 2.48. The summed E-state index contributed by atoms with van der Waals surface area (Å²) in [4.78, 5) is 46.8. The van der Waals surface area contributed by atoms with Crippen LogP contribution in [0.15, 0.2) is 58.1 Å². The van der Waals surface area contributed by atoms with Crippen molar-refractivity contribution in [2.75, 3.05) is 0 Å². The first-order valence-electron chi connectivity index (χ1n) is 8.84. The fourth-order valence-electron chi connectivity index (χ4n) is 2.48. The Hall–Kier alpha value is -4.08. The molecule has 10 heteroatoms. The first-order valence-corrected chi connectivity index (χ1v) is 8.84. The molecule has 0 saturated carbocycles. The van der Waals surface area contributed by atoms with Crippen molar-refractivity contribution < 1.29 is 19.1 Å². The van der Waals surface area contributed by atoms with Gasteiger partial charge >= 0.3 is 11.9 Å². The molecule has 0 atom stereocenters. The van der Waals surface area contributed by atoms with Gasteiger partial charge in [0.2, 0.25) is 0 Å². The molecule has 0 fully saturated rings. The molecule has 0 spiro atoms. The maximum atomic E-state index is 12.1. The van der Waals surface area contributed by atoms with Crippen LogP contribution in [0.3, 0.4) is 0 Å². The summed E-state index contributed by atoms with van der Waals surface area (Å²) >= 11 is 0. The van der Waals surface area contributed by atoms with Gasteiger partial charge in [-0.3, -0.25) is 9.59 Å². The van der Waals surface area contributed by atoms with Crippen LogP contribution in [0.4, 0.5) is 0 Å². The molecule has 154 valence electrons. The maximum Gasteiger partial charge on any atom is 0.359 e. The highest BCUT2D eigenvalue weighted by Gasteiger charge is 2.12. The quantitative estimate of drug-likeness (QED) is 0.541. The number of aromatic nitrogens is 4. The Morgan fingerprint density at radius 1 is 0.767 bits per heavy atom. The van der Waals surface area contributed by atoms with Crippen LogP contribution in [0.2, 0.25) is 0 Å². The second-order valence-corrected chi connectivity index (χ2v) is 6.33. The van der Waals surface area contributed by atoms with E-state index in [2.05, 4.69) is 10.2 Å². The summed E-state index contributed by atoms with van der Waals surface area (Å²) in [6.07, 6.45) is 0. The highest BCUT2D eigenvalue weighted by molar-refractivity contribution is 5.87. The van der Waals surface area contributed by atoms with Gasteiger partial charge in [0.25, 0.3) is 11.1 Å². The zero-order chi connectivity index (χ0) is 21.7. The van der Waals surface area contributed by atoms with Gasteiger partial charge in [-0.25, -0.2) is 19.0 Å². The van der Waals surface area contributed by atoms with Gasteiger partial charge in [0.1, 0.15) is 13.2 Å². The Morgan fingerprint density at radius 3 is 1.60 bits per heavy atom. The van der Waals surface area contributed by atoms with E-state index in [0.29, 0.717) is 11.1 Å². The van der Waals surface area contributed by atoms with Gasteiger partial charge in [0.05, 0.1) is 0 Å². The highest BCUT2D eigenvalue weighted by atomic mass is 16.5.